The highest BCUT2D eigenvalue weighted by Crippen LogP contribution is 2.49. The van der Waals surface area contributed by atoms with E-state index in [4.69, 9.17) is 9.05 Å². The summed E-state index contributed by atoms with van der Waals surface area (Å²) in [5, 5.41) is 0.609. The normalized spacial score (nSPS) is 16.9. The third kappa shape index (κ3) is 2.48. The van der Waals surface area contributed by atoms with E-state index in [1.54, 1.807) is 6.07 Å². The Bertz CT molecular complexity index is 583. The number of hydrogen-bond acceptors (Lipinski definition) is 4. The first-order valence-electron chi connectivity index (χ1n) is 6.95. The van der Waals surface area contributed by atoms with Crippen LogP contribution in [0.4, 0.5) is 5.69 Å². The maximum atomic E-state index is 12.8. The molecule has 2 rings (SSSR count). The van der Waals surface area contributed by atoms with Gasteiger partial charge in [-0.15, -0.1) is 0 Å². The van der Waals surface area contributed by atoms with Gasteiger partial charge < -0.3 is 9.05 Å². The highest BCUT2D eigenvalue weighted by molar-refractivity contribution is 7.62. The first-order valence-corrected chi connectivity index (χ1v) is 8.49. The van der Waals surface area contributed by atoms with Crippen molar-refractivity contribution in [2.45, 2.75) is 40.0 Å². The molecule has 0 aliphatic carbocycles. The molecule has 0 radical (unpaired) electrons. The minimum atomic E-state index is -3.23. The molecule has 1 aliphatic rings. The number of benzene rings is 1. The van der Waals surface area contributed by atoms with Crippen molar-refractivity contribution >= 4 is 24.3 Å². The van der Waals surface area contributed by atoms with Crippen LogP contribution in [0.25, 0.3) is 0 Å². The number of nitrogens with zero attached hydrogens (tertiary/aromatic N) is 1. The summed E-state index contributed by atoms with van der Waals surface area (Å²) in [6, 6.07) is 5.61. The number of hydrogen-bond donors (Lipinski definition) is 0. The molecule has 0 N–H and O–H groups in total. The van der Waals surface area contributed by atoms with Crippen LogP contribution >= 0.6 is 7.60 Å². The highest BCUT2D eigenvalue weighted by atomic mass is 31.2. The summed E-state index contributed by atoms with van der Waals surface area (Å²) >= 11 is 0. The first kappa shape index (κ1) is 15.4. The molecule has 5 heteroatoms. The lowest BCUT2D eigenvalue weighted by Crippen LogP contribution is -2.24. The molecule has 0 fully saturated rings. The molecule has 0 unspecified atom stereocenters. The summed E-state index contributed by atoms with van der Waals surface area (Å²) in [6.07, 6.45) is 0. The van der Waals surface area contributed by atoms with Crippen LogP contribution in [0, 0.1) is 0 Å². The summed E-state index contributed by atoms with van der Waals surface area (Å²) in [7, 11) is -3.23. The zero-order chi connectivity index (χ0) is 15.0. The number of fused-ring (bicyclic) bond motifs is 1. The Balaban J connectivity index is 2.48. The summed E-state index contributed by atoms with van der Waals surface area (Å²) in [5.74, 6) is 0. The minimum Gasteiger partial charge on any atom is -0.305 e. The predicted molar refractivity (Wildman–Crippen MR) is 82.7 cm³/mol. The van der Waals surface area contributed by atoms with E-state index < -0.39 is 7.60 Å². The minimum absolute atomic E-state index is 0.144. The maximum Gasteiger partial charge on any atom is 0.361 e. The van der Waals surface area contributed by atoms with Crippen molar-refractivity contribution in [2.75, 3.05) is 13.2 Å². The van der Waals surface area contributed by atoms with Crippen LogP contribution in [-0.2, 0) is 19.0 Å². The molecule has 1 aromatic carbocycles. The second-order valence-corrected chi connectivity index (χ2v) is 7.38. The van der Waals surface area contributed by atoms with Crippen LogP contribution in [0.15, 0.2) is 23.2 Å². The van der Waals surface area contributed by atoms with Crippen molar-refractivity contribution in [3.63, 3.8) is 0 Å². The predicted octanol–water partition coefficient (Wildman–Crippen LogP) is 3.96. The lowest BCUT2D eigenvalue weighted by Gasteiger charge is -2.22. The molecule has 0 atom stereocenters. The average molecular weight is 295 g/mol. The fraction of sp³-hybridized carbons (Fsp3) is 0.533. The van der Waals surface area contributed by atoms with Crippen LogP contribution in [0.3, 0.4) is 0 Å². The van der Waals surface area contributed by atoms with Gasteiger partial charge in [0.25, 0.3) is 0 Å². The number of rotatable bonds is 5. The van der Waals surface area contributed by atoms with Gasteiger partial charge in [-0.05, 0) is 44.5 Å². The Hall–Kier alpha value is -0.960. The smallest absolute Gasteiger partial charge is 0.305 e. The van der Waals surface area contributed by atoms with Gasteiger partial charge in [0.1, 0.15) is 0 Å². The zero-order valence-electron chi connectivity index (χ0n) is 12.8. The van der Waals surface area contributed by atoms with Gasteiger partial charge in [-0.25, -0.2) is 0 Å². The topological polar surface area (TPSA) is 47.9 Å². The van der Waals surface area contributed by atoms with E-state index in [9.17, 15) is 4.57 Å². The monoisotopic (exact) mass is 295 g/mol. The molecule has 110 valence electrons. The summed E-state index contributed by atoms with van der Waals surface area (Å²) in [5.41, 5.74) is 2.93. The molecule has 0 saturated carbocycles. The van der Waals surface area contributed by atoms with Crippen molar-refractivity contribution in [3.8, 4) is 0 Å². The molecule has 1 aromatic rings. The molecule has 20 heavy (non-hydrogen) atoms. The van der Waals surface area contributed by atoms with E-state index in [0.29, 0.717) is 18.5 Å². The Morgan fingerprint density at radius 1 is 1.20 bits per heavy atom. The van der Waals surface area contributed by atoms with E-state index in [0.717, 1.165) is 17.0 Å². The molecule has 4 nitrogen and oxygen atoms in total. The van der Waals surface area contributed by atoms with Crippen molar-refractivity contribution in [1.29, 1.82) is 0 Å². The Morgan fingerprint density at radius 3 is 2.35 bits per heavy atom. The molecular formula is C15H22NO3P. The SMILES string of the molecule is CCOP(=O)(OCC)c1ccc2c(c1)C(C)(C)C(C)=N2. The van der Waals surface area contributed by atoms with Gasteiger partial charge in [0, 0.05) is 11.1 Å². The molecule has 0 spiro atoms. The largest absolute Gasteiger partial charge is 0.361 e. The van der Waals surface area contributed by atoms with Crippen molar-refractivity contribution in [1.82, 2.24) is 0 Å². The quantitative estimate of drug-likeness (QED) is 0.772. The fourth-order valence-electron chi connectivity index (χ4n) is 2.33. The highest BCUT2D eigenvalue weighted by Gasteiger charge is 2.35. The Morgan fingerprint density at radius 2 is 1.80 bits per heavy atom. The van der Waals surface area contributed by atoms with Crippen LogP contribution < -0.4 is 5.30 Å². The van der Waals surface area contributed by atoms with Crippen LogP contribution in [-0.4, -0.2) is 18.9 Å². The van der Waals surface area contributed by atoms with Crippen molar-refractivity contribution in [3.05, 3.63) is 23.8 Å². The van der Waals surface area contributed by atoms with Gasteiger partial charge in [-0.1, -0.05) is 13.8 Å². The molecule has 0 bridgehead atoms. The summed E-state index contributed by atoms with van der Waals surface area (Å²) < 4.78 is 23.6. The average Bonchev–Trinajstić information content (AvgIpc) is 2.61. The second kappa shape index (κ2) is 5.44. The molecule has 1 heterocycles. The third-order valence-electron chi connectivity index (χ3n) is 3.76. The lowest BCUT2D eigenvalue weighted by atomic mass is 9.82. The van der Waals surface area contributed by atoms with E-state index in [-0.39, 0.29) is 5.41 Å². The lowest BCUT2D eigenvalue weighted by molar-refractivity contribution is 0.230. The molecule has 1 aliphatic heterocycles. The van der Waals surface area contributed by atoms with Crippen molar-refractivity contribution in [2.24, 2.45) is 4.99 Å². The van der Waals surface area contributed by atoms with Crippen LogP contribution in [0.1, 0.15) is 40.2 Å². The van der Waals surface area contributed by atoms with E-state index in [2.05, 4.69) is 18.8 Å². The standard InChI is InChI=1S/C15H22NO3P/c1-6-18-20(17,19-7-2)12-8-9-14-13(10-12)15(4,5)11(3)16-14/h8-10H,6-7H2,1-5H3. The summed E-state index contributed by atoms with van der Waals surface area (Å²) in [4.78, 5) is 4.57. The zero-order valence-corrected chi connectivity index (χ0v) is 13.7. The van der Waals surface area contributed by atoms with E-state index >= 15 is 0 Å². The second-order valence-electron chi connectivity index (χ2n) is 5.36. The fourth-order valence-corrected chi connectivity index (χ4v) is 3.93. The van der Waals surface area contributed by atoms with Gasteiger partial charge in [0.2, 0.25) is 0 Å². The van der Waals surface area contributed by atoms with Crippen molar-refractivity contribution < 1.29 is 13.6 Å². The Kier molecular flexibility index (Phi) is 4.19. The van der Waals surface area contributed by atoms with Crippen LogP contribution in [0.2, 0.25) is 0 Å². The molecule has 0 amide bonds. The molecule has 0 aromatic heterocycles. The first-order chi connectivity index (χ1) is 9.35. The summed E-state index contributed by atoms with van der Waals surface area (Å²) in [6.45, 7) is 10.6. The molecular weight excluding hydrogens is 273 g/mol. The van der Waals surface area contributed by atoms with Gasteiger partial charge in [0.05, 0.1) is 24.2 Å². The maximum absolute atomic E-state index is 12.8. The van der Waals surface area contributed by atoms with Crippen LogP contribution in [0.5, 0.6) is 0 Å². The van der Waals surface area contributed by atoms with Gasteiger partial charge in [-0.3, -0.25) is 9.56 Å². The van der Waals surface area contributed by atoms with E-state index in [1.165, 1.54) is 0 Å². The third-order valence-corrected chi connectivity index (χ3v) is 5.87. The van der Waals surface area contributed by atoms with E-state index in [1.807, 2.05) is 32.9 Å². The van der Waals surface area contributed by atoms with Gasteiger partial charge in [-0.2, -0.15) is 0 Å². The number of aliphatic imine (C=N–C) groups is 1. The molecule has 0 saturated heterocycles. The Labute approximate surface area is 120 Å². The van der Waals surface area contributed by atoms with Gasteiger partial charge in [0.15, 0.2) is 0 Å². The van der Waals surface area contributed by atoms with Gasteiger partial charge >= 0.3 is 7.60 Å².